The molecule has 238 valence electrons. The molecule has 1 fully saturated rings. The number of hydrogen-bond donors (Lipinski definition) is 4. The number of likely N-dealkylation sites (tertiary alicyclic amines) is 1. The largest absolute Gasteiger partial charge is 0.399 e. The minimum atomic E-state index is -0.554. The number of pyridine rings is 1. The van der Waals surface area contributed by atoms with Crippen molar-refractivity contribution in [3.8, 4) is 6.07 Å². The molecule has 0 amide bonds. The number of rotatable bonds is 9. The summed E-state index contributed by atoms with van der Waals surface area (Å²) in [6, 6.07) is 16.9. The number of fused-ring (bicyclic) bond motifs is 1. The normalized spacial score (nSPS) is 15.3. The van der Waals surface area contributed by atoms with Crippen LogP contribution >= 0.6 is 23.2 Å². The molecule has 11 heteroatoms. The van der Waals surface area contributed by atoms with E-state index in [4.69, 9.17) is 28.9 Å². The highest BCUT2D eigenvalue weighted by molar-refractivity contribution is 6.36. The van der Waals surface area contributed by atoms with E-state index in [1.807, 2.05) is 24.4 Å². The predicted octanol–water partition coefficient (Wildman–Crippen LogP) is 7.91. The number of anilines is 3. The van der Waals surface area contributed by atoms with E-state index in [9.17, 15) is 14.4 Å². The Balaban J connectivity index is 1.49. The first-order valence-corrected chi connectivity index (χ1v) is 15.7. The van der Waals surface area contributed by atoms with Crippen LogP contribution in [0.25, 0.3) is 10.9 Å². The van der Waals surface area contributed by atoms with Crippen LogP contribution in [-0.4, -0.2) is 40.8 Å². The van der Waals surface area contributed by atoms with Crippen LogP contribution in [0.15, 0.2) is 72.7 Å². The van der Waals surface area contributed by atoms with Gasteiger partial charge in [-0.3, -0.25) is 14.7 Å². The second kappa shape index (κ2) is 14.0. The fourth-order valence-corrected chi connectivity index (χ4v) is 6.08. The van der Waals surface area contributed by atoms with E-state index in [0.29, 0.717) is 44.2 Å². The van der Waals surface area contributed by atoms with Gasteiger partial charge in [0.1, 0.15) is 18.2 Å². The molecule has 0 spiro atoms. The van der Waals surface area contributed by atoms with Crippen LogP contribution in [-0.2, 0) is 0 Å². The van der Waals surface area contributed by atoms with E-state index in [-0.39, 0.29) is 22.2 Å². The zero-order valence-corrected chi connectivity index (χ0v) is 27.4. The number of aromatic nitrogens is 1. The molecular formula is C35H36Cl2FN7O. The SMILES string of the molecule is CC(C)(C)N1CCC(N/C=C(\N)C(Nc2cc(Cl)c3ncc(C#N)c(Nc4ccc(F)c(Cl)c4)c3c2)c2cccc(C=O)c2)CC1. The van der Waals surface area contributed by atoms with Crippen LogP contribution in [0.4, 0.5) is 21.5 Å². The third-order valence-electron chi connectivity index (χ3n) is 8.19. The number of piperidine rings is 1. The minimum absolute atomic E-state index is 0.0571. The molecule has 1 saturated heterocycles. The van der Waals surface area contributed by atoms with Crippen molar-refractivity contribution in [2.24, 2.45) is 5.73 Å². The molecule has 5 N–H and O–H groups in total. The van der Waals surface area contributed by atoms with Crippen molar-refractivity contribution >= 4 is 57.5 Å². The average molecular weight is 661 g/mol. The Morgan fingerprint density at radius 2 is 1.85 bits per heavy atom. The van der Waals surface area contributed by atoms with Gasteiger partial charge in [0.2, 0.25) is 0 Å². The molecule has 2 heterocycles. The van der Waals surface area contributed by atoms with E-state index in [0.717, 1.165) is 37.8 Å². The lowest BCUT2D eigenvalue weighted by Crippen LogP contribution is -2.49. The highest BCUT2D eigenvalue weighted by Crippen LogP contribution is 2.37. The van der Waals surface area contributed by atoms with Gasteiger partial charge in [-0.25, -0.2) is 4.39 Å². The molecule has 3 aromatic carbocycles. The van der Waals surface area contributed by atoms with Crippen LogP contribution in [0.5, 0.6) is 0 Å². The van der Waals surface area contributed by atoms with Gasteiger partial charge in [-0.1, -0.05) is 41.4 Å². The number of hydrogen-bond acceptors (Lipinski definition) is 8. The van der Waals surface area contributed by atoms with Gasteiger partial charge in [0.25, 0.3) is 0 Å². The number of benzene rings is 3. The molecule has 5 rings (SSSR count). The third-order valence-corrected chi connectivity index (χ3v) is 8.77. The standard InChI is InChI=1S/C35H36Cl2FN7O/c1-35(2,3)45-11-9-24(10-12-45)41-19-31(40)33(22-6-4-5-21(13-22)20-46)44-26-14-27-32(43-25-7-8-30(38)28(36)15-25)23(17-39)18-42-34(27)29(37)16-26/h4-8,13-16,18-20,24,33,41,44H,9-12,40H2,1-3H3,(H,42,43)/b31-19-. The van der Waals surface area contributed by atoms with Crippen LogP contribution in [0.3, 0.4) is 0 Å². The predicted molar refractivity (Wildman–Crippen MR) is 184 cm³/mol. The van der Waals surface area contributed by atoms with Gasteiger partial charge in [-0.15, -0.1) is 0 Å². The second-order valence-electron chi connectivity index (χ2n) is 12.4. The number of carbonyl (C=O) groups excluding carboxylic acids is 1. The zero-order valence-electron chi connectivity index (χ0n) is 25.9. The quantitative estimate of drug-likeness (QED) is 0.134. The van der Waals surface area contributed by atoms with Crippen LogP contribution in [0, 0.1) is 17.1 Å². The maximum atomic E-state index is 13.8. The molecule has 1 unspecified atom stereocenters. The smallest absolute Gasteiger partial charge is 0.150 e. The summed E-state index contributed by atoms with van der Waals surface area (Å²) in [5.41, 5.74) is 10.9. The molecule has 46 heavy (non-hydrogen) atoms. The molecule has 1 aromatic heterocycles. The molecule has 0 aliphatic carbocycles. The van der Waals surface area contributed by atoms with E-state index >= 15 is 0 Å². The fourth-order valence-electron chi connectivity index (χ4n) is 5.63. The van der Waals surface area contributed by atoms with E-state index < -0.39 is 11.9 Å². The highest BCUT2D eigenvalue weighted by Gasteiger charge is 2.27. The van der Waals surface area contributed by atoms with Gasteiger partial charge in [-0.05, 0) is 75.6 Å². The topological polar surface area (TPSA) is 119 Å². The van der Waals surface area contributed by atoms with E-state index in [1.165, 1.54) is 24.4 Å². The summed E-state index contributed by atoms with van der Waals surface area (Å²) in [5.74, 6) is -0.554. The molecule has 0 bridgehead atoms. The summed E-state index contributed by atoms with van der Waals surface area (Å²) in [5, 5.41) is 20.9. The van der Waals surface area contributed by atoms with Crippen molar-refractivity contribution in [3.63, 3.8) is 0 Å². The molecule has 1 aliphatic rings. The maximum absolute atomic E-state index is 13.8. The summed E-state index contributed by atoms with van der Waals surface area (Å²) in [4.78, 5) is 18.6. The molecule has 4 aromatic rings. The Morgan fingerprint density at radius 1 is 1.11 bits per heavy atom. The third kappa shape index (κ3) is 7.53. The summed E-state index contributed by atoms with van der Waals surface area (Å²) in [7, 11) is 0. The molecule has 8 nitrogen and oxygen atoms in total. The number of halogens is 3. The Kier molecular flexibility index (Phi) is 10.0. The van der Waals surface area contributed by atoms with Gasteiger partial charge >= 0.3 is 0 Å². The summed E-state index contributed by atoms with van der Waals surface area (Å²) in [6.45, 7) is 8.68. The second-order valence-corrected chi connectivity index (χ2v) is 13.2. The zero-order chi connectivity index (χ0) is 33.0. The first-order chi connectivity index (χ1) is 22.0. The van der Waals surface area contributed by atoms with Crippen LogP contribution < -0.4 is 21.7 Å². The lowest BCUT2D eigenvalue weighted by atomic mass is 9.98. The average Bonchev–Trinajstić information content (AvgIpc) is 3.04. The van der Waals surface area contributed by atoms with Crippen LogP contribution in [0.1, 0.15) is 61.1 Å². The summed E-state index contributed by atoms with van der Waals surface area (Å²) < 4.78 is 13.8. The number of nitriles is 1. The van der Waals surface area contributed by atoms with Crippen molar-refractivity contribution in [1.82, 2.24) is 15.2 Å². The number of aldehydes is 1. The molecule has 1 atom stereocenters. The molecule has 0 saturated carbocycles. The Bertz CT molecular complexity index is 1820. The molecular weight excluding hydrogens is 624 g/mol. The van der Waals surface area contributed by atoms with Gasteiger partial charge in [0.05, 0.1) is 38.6 Å². The van der Waals surface area contributed by atoms with Gasteiger partial charge in [0.15, 0.2) is 0 Å². The Morgan fingerprint density at radius 3 is 2.52 bits per heavy atom. The minimum Gasteiger partial charge on any atom is -0.399 e. The van der Waals surface area contributed by atoms with Gasteiger partial charge < -0.3 is 21.7 Å². The first-order valence-electron chi connectivity index (χ1n) is 15.0. The lowest BCUT2D eigenvalue weighted by molar-refractivity contribution is 0.0988. The first kappa shape index (κ1) is 33.0. The van der Waals surface area contributed by atoms with Gasteiger partial charge in [-0.2, -0.15) is 5.26 Å². The van der Waals surface area contributed by atoms with Crippen molar-refractivity contribution in [1.29, 1.82) is 5.26 Å². The van der Waals surface area contributed by atoms with Crippen LogP contribution in [0.2, 0.25) is 10.0 Å². The monoisotopic (exact) mass is 659 g/mol. The number of nitrogens with two attached hydrogens (primary N) is 1. The summed E-state index contributed by atoms with van der Waals surface area (Å²) in [6.07, 6.45) is 6.04. The van der Waals surface area contributed by atoms with Crippen molar-refractivity contribution < 1.29 is 9.18 Å². The summed E-state index contributed by atoms with van der Waals surface area (Å²) >= 11 is 12.8. The highest BCUT2D eigenvalue weighted by atomic mass is 35.5. The number of carbonyl (C=O) groups is 1. The fraction of sp³-hybridized carbons (Fsp3) is 0.286. The number of nitrogens with one attached hydrogen (secondary N) is 3. The van der Waals surface area contributed by atoms with E-state index in [2.05, 4.69) is 52.7 Å². The molecule has 1 aliphatic heterocycles. The lowest BCUT2D eigenvalue weighted by Gasteiger charge is -2.41. The van der Waals surface area contributed by atoms with Crippen molar-refractivity contribution in [3.05, 3.63) is 105 Å². The van der Waals surface area contributed by atoms with E-state index in [1.54, 1.807) is 18.2 Å². The maximum Gasteiger partial charge on any atom is 0.150 e. The Labute approximate surface area is 278 Å². The molecule has 0 radical (unpaired) electrons. The van der Waals surface area contributed by atoms with Crippen molar-refractivity contribution in [2.75, 3.05) is 23.7 Å². The van der Waals surface area contributed by atoms with Gasteiger partial charge in [0, 0.05) is 59.4 Å². The number of nitrogens with zero attached hydrogens (tertiary/aromatic N) is 3. The van der Waals surface area contributed by atoms with Crippen molar-refractivity contribution in [2.45, 2.75) is 51.2 Å². The Hall–Kier alpha value is -4.36.